The van der Waals surface area contributed by atoms with E-state index >= 15 is 0 Å². The normalized spacial score (nSPS) is 23.1. The summed E-state index contributed by atoms with van der Waals surface area (Å²) in [5.74, 6) is -2.17. The molecule has 0 saturated heterocycles. The van der Waals surface area contributed by atoms with E-state index in [1.165, 1.54) is 4.90 Å². The van der Waals surface area contributed by atoms with Crippen molar-refractivity contribution in [2.45, 2.75) is 37.6 Å². The lowest BCUT2D eigenvalue weighted by molar-refractivity contribution is -0.258. The Hall–Kier alpha value is -4.36. The standard InChI is InChI=1S/C31H23NO6/c33-25-20-11-3-4-12-21(20)26(34)28-24(25)27-19-10-2-1-9-18(19)17-31(37-27,38-28)15-7-8-16-32-29(35)22-13-5-6-14-23(22)30(32)36/h1-6,9-14,27H,7-8,15-17H2/t27?,31-/m0/s1. The second kappa shape index (κ2) is 8.33. The number of hydrogen-bond acceptors (Lipinski definition) is 6. The summed E-state index contributed by atoms with van der Waals surface area (Å²) in [6, 6.07) is 21.4. The van der Waals surface area contributed by atoms with Crippen LogP contribution in [0.4, 0.5) is 0 Å². The third-order valence-electron chi connectivity index (χ3n) is 7.86. The van der Waals surface area contributed by atoms with Gasteiger partial charge in [0.25, 0.3) is 11.8 Å². The number of ketones is 2. The molecule has 0 aromatic heterocycles. The largest absolute Gasteiger partial charge is 0.457 e. The van der Waals surface area contributed by atoms with E-state index in [4.69, 9.17) is 9.47 Å². The van der Waals surface area contributed by atoms with Gasteiger partial charge in [0.05, 0.1) is 16.7 Å². The molecule has 7 nitrogen and oxygen atoms in total. The van der Waals surface area contributed by atoms with Crippen LogP contribution in [0.2, 0.25) is 0 Å². The van der Waals surface area contributed by atoms with E-state index in [2.05, 4.69) is 0 Å². The lowest BCUT2D eigenvalue weighted by atomic mass is 9.78. The van der Waals surface area contributed by atoms with Crippen LogP contribution >= 0.6 is 0 Å². The Morgan fingerprint density at radius 3 is 2.05 bits per heavy atom. The lowest BCUT2D eigenvalue weighted by Gasteiger charge is -2.47. The van der Waals surface area contributed by atoms with Gasteiger partial charge in [-0.3, -0.25) is 24.1 Å². The van der Waals surface area contributed by atoms with Crippen LogP contribution in [0.15, 0.2) is 84.1 Å². The van der Waals surface area contributed by atoms with Gasteiger partial charge in [-0.2, -0.15) is 0 Å². The molecule has 0 spiro atoms. The summed E-state index contributed by atoms with van der Waals surface area (Å²) in [5, 5.41) is 0. The van der Waals surface area contributed by atoms with Gasteiger partial charge in [-0.15, -0.1) is 0 Å². The zero-order valence-electron chi connectivity index (χ0n) is 20.4. The number of carbonyl (C=O) groups is 4. The minimum atomic E-state index is -1.12. The van der Waals surface area contributed by atoms with Gasteiger partial charge in [-0.1, -0.05) is 60.7 Å². The summed E-state index contributed by atoms with van der Waals surface area (Å²) in [7, 11) is 0. The van der Waals surface area contributed by atoms with Gasteiger partial charge in [-0.25, -0.2) is 0 Å². The molecule has 3 aliphatic heterocycles. The number of unbranched alkanes of at least 4 members (excludes halogenated alkanes) is 1. The van der Waals surface area contributed by atoms with E-state index in [9.17, 15) is 19.2 Å². The maximum atomic E-state index is 13.5. The number of carbonyl (C=O) groups excluding carboxylic acids is 4. The number of rotatable bonds is 5. The molecule has 0 saturated carbocycles. The summed E-state index contributed by atoms with van der Waals surface area (Å²) in [4.78, 5) is 53.7. The zero-order valence-corrected chi connectivity index (χ0v) is 20.4. The van der Waals surface area contributed by atoms with E-state index in [0.29, 0.717) is 47.9 Å². The maximum Gasteiger partial charge on any atom is 0.261 e. The van der Waals surface area contributed by atoms with E-state index < -0.39 is 11.9 Å². The van der Waals surface area contributed by atoms with Crippen molar-refractivity contribution in [3.63, 3.8) is 0 Å². The van der Waals surface area contributed by atoms with Crippen LogP contribution in [-0.4, -0.2) is 40.6 Å². The second-order valence-corrected chi connectivity index (χ2v) is 10.1. The Morgan fingerprint density at radius 1 is 0.737 bits per heavy atom. The van der Waals surface area contributed by atoms with Gasteiger partial charge in [0.1, 0.15) is 6.10 Å². The van der Waals surface area contributed by atoms with Crippen molar-refractivity contribution in [2.24, 2.45) is 0 Å². The molecule has 2 amide bonds. The average molecular weight is 506 g/mol. The zero-order chi connectivity index (χ0) is 26.0. The quantitative estimate of drug-likeness (QED) is 0.365. The highest BCUT2D eigenvalue weighted by Gasteiger charge is 2.53. The van der Waals surface area contributed by atoms with Gasteiger partial charge < -0.3 is 9.47 Å². The summed E-state index contributed by atoms with van der Waals surface area (Å²) >= 11 is 0. The molecule has 2 bridgehead atoms. The number of nitrogens with zero attached hydrogens (tertiary/aromatic N) is 1. The van der Waals surface area contributed by atoms with Crippen LogP contribution in [0.25, 0.3) is 0 Å². The van der Waals surface area contributed by atoms with Crippen LogP contribution in [0.3, 0.4) is 0 Å². The monoisotopic (exact) mass is 505 g/mol. The number of Topliss-reactive ketones (excluding diaryl/α,β-unsaturated/α-hetero) is 2. The first kappa shape index (κ1) is 22.8. The fourth-order valence-electron chi connectivity index (χ4n) is 6.04. The number of fused-ring (bicyclic) bond motifs is 7. The fraction of sp³-hybridized carbons (Fsp3) is 0.226. The molecular weight excluding hydrogens is 482 g/mol. The molecule has 3 aromatic rings. The van der Waals surface area contributed by atoms with Crippen molar-refractivity contribution < 1.29 is 28.7 Å². The first-order valence-corrected chi connectivity index (χ1v) is 12.8. The average Bonchev–Trinajstić information content (AvgIpc) is 3.19. The molecule has 0 radical (unpaired) electrons. The highest BCUT2D eigenvalue weighted by molar-refractivity contribution is 6.26. The highest BCUT2D eigenvalue weighted by Crippen LogP contribution is 2.51. The van der Waals surface area contributed by atoms with Crippen molar-refractivity contribution in [1.29, 1.82) is 0 Å². The molecule has 3 heterocycles. The molecule has 2 atom stereocenters. The van der Waals surface area contributed by atoms with Crippen LogP contribution < -0.4 is 0 Å². The van der Waals surface area contributed by atoms with Crippen molar-refractivity contribution in [1.82, 2.24) is 4.90 Å². The molecule has 1 unspecified atom stereocenters. The van der Waals surface area contributed by atoms with E-state index in [1.54, 1.807) is 48.5 Å². The summed E-state index contributed by atoms with van der Waals surface area (Å²) in [5.41, 5.74) is 3.69. The van der Waals surface area contributed by atoms with Crippen molar-refractivity contribution in [2.75, 3.05) is 6.54 Å². The van der Waals surface area contributed by atoms with Gasteiger partial charge in [0.2, 0.25) is 11.6 Å². The molecule has 3 aromatic carbocycles. The van der Waals surface area contributed by atoms with E-state index in [0.717, 1.165) is 11.1 Å². The van der Waals surface area contributed by atoms with Crippen LogP contribution in [0.5, 0.6) is 0 Å². The Morgan fingerprint density at radius 2 is 1.34 bits per heavy atom. The topological polar surface area (TPSA) is 90.0 Å². The first-order valence-electron chi connectivity index (χ1n) is 12.8. The maximum absolute atomic E-state index is 13.5. The Kier molecular flexibility index (Phi) is 5.00. The van der Waals surface area contributed by atoms with E-state index in [-0.39, 0.29) is 41.3 Å². The molecule has 7 rings (SSSR count). The van der Waals surface area contributed by atoms with Crippen LogP contribution in [0, 0.1) is 0 Å². The molecular formula is C31H23NO6. The summed E-state index contributed by atoms with van der Waals surface area (Å²) in [6.07, 6.45) is 1.29. The number of ether oxygens (including phenoxy) is 2. The number of hydrogen-bond donors (Lipinski definition) is 0. The molecule has 0 N–H and O–H groups in total. The van der Waals surface area contributed by atoms with Gasteiger partial charge in [0, 0.05) is 30.5 Å². The molecule has 4 aliphatic rings. The minimum Gasteiger partial charge on any atom is -0.457 e. The van der Waals surface area contributed by atoms with Crippen molar-refractivity contribution >= 4 is 23.4 Å². The second-order valence-electron chi connectivity index (χ2n) is 10.1. The fourth-order valence-corrected chi connectivity index (χ4v) is 6.04. The molecule has 38 heavy (non-hydrogen) atoms. The summed E-state index contributed by atoms with van der Waals surface area (Å²) in [6.45, 7) is 0.279. The molecule has 1 aliphatic carbocycles. The Bertz CT molecular complexity index is 1570. The van der Waals surface area contributed by atoms with Gasteiger partial charge in [0.15, 0.2) is 11.5 Å². The predicted molar refractivity (Wildman–Crippen MR) is 136 cm³/mol. The number of benzene rings is 3. The van der Waals surface area contributed by atoms with Gasteiger partial charge in [-0.05, 0) is 36.1 Å². The molecule has 7 heteroatoms. The number of allylic oxidation sites excluding steroid dienone is 1. The summed E-state index contributed by atoms with van der Waals surface area (Å²) < 4.78 is 12.9. The highest BCUT2D eigenvalue weighted by atomic mass is 16.7. The van der Waals surface area contributed by atoms with Crippen molar-refractivity contribution in [3.05, 3.63) is 118 Å². The van der Waals surface area contributed by atoms with Crippen LogP contribution in [0.1, 0.15) is 77.9 Å². The molecule has 0 fully saturated rings. The van der Waals surface area contributed by atoms with Crippen LogP contribution in [-0.2, 0) is 15.9 Å². The third kappa shape index (κ3) is 3.25. The lowest BCUT2D eigenvalue weighted by Crippen LogP contribution is -2.49. The predicted octanol–water partition coefficient (Wildman–Crippen LogP) is 4.83. The first-order chi connectivity index (χ1) is 18.5. The third-order valence-corrected chi connectivity index (χ3v) is 7.86. The Balaban J connectivity index is 1.15. The minimum absolute atomic E-state index is 0.0693. The number of imide groups is 1. The van der Waals surface area contributed by atoms with E-state index in [1.807, 2.05) is 24.3 Å². The smallest absolute Gasteiger partial charge is 0.261 e. The SMILES string of the molecule is O=C1C2=C(C(=O)c3ccccc31)C1O[C@](CCCCN3C(=O)c4ccccc4C3=O)(Cc3ccccc31)O2. The molecule has 188 valence electrons. The van der Waals surface area contributed by atoms with Gasteiger partial charge >= 0.3 is 0 Å². The Labute approximate surface area is 218 Å². The van der Waals surface area contributed by atoms with Crippen molar-refractivity contribution in [3.8, 4) is 0 Å². The number of amides is 2.